The van der Waals surface area contributed by atoms with Gasteiger partial charge in [-0.25, -0.2) is 0 Å². The topological polar surface area (TPSA) is 15.3 Å². The van der Waals surface area contributed by atoms with Crippen LogP contribution in [0.3, 0.4) is 0 Å². The van der Waals surface area contributed by atoms with E-state index in [-0.39, 0.29) is 0 Å². The molecule has 3 rings (SSSR count). The zero-order chi connectivity index (χ0) is 14.9. The molecule has 0 amide bonds. The maximum absolute atomic E-state index is 3.71. The first-order valence-corrected chi connectivity index (χ1v) is 9.59. The van der Waals surface area contributed by atoms with Gasteiger partial charge < -0.3 is 5.32 Å². The van der Waals surface area contributed by atoms with Crippen LogP contribution in [-0.2, 0) is 0 Å². The van der Waals surface area contributed by atoms with Gasteiger partial charge in [-0.2, -0.15) is 0 Å². The molecular formula is C19H36N2. The van der Waals surface area contributed by atoms with Crippen LogP contribution in [0.15, 0.2) is 0 Å². The van der Waals surface area contributed by atoms with Crippen LogP contribution < -0.4 is 5.32 Å². The second-order valence-corrected chi connectivity index (χ2v) is 8.57. The molecular weight excluding hydrogens is 256 g/mol. The molecule has 1 aliphatic heterocycles. The van der Waals surface area contributed by atoms with Crippen molar-refractivity contribution in [1.82, 2.24) is 10.2 Å². The molecule has 2 saturated carbocycles. The van der Waals surface area contributed by atoms with Crippen molar-refractivity contribution in [3.8, 4) is 0 Å². The molecule has 0 aromatic carbocycles. The Labute approximate surface area is 132 Å². The minimum atomic E-state index is 0.558. The summed E-state index contributed by atoms with van der Waals surface area (Å²) in [6.07, 6.45) is 12.9. The Kier molecular flexibility index (Phi) is 4.95. The fourth-order valence-corrected chi connectivity index (χ4v) is 4.65. The van der Waals surface area contributed by atoms with Crippen molar-refractivity contribution in [1.29, 1.82) is 0 Å². The first-order chi connectivity index (χ1) is 10.1. The van der Waals surface area contributed by atoms with Crippen molar-refractivity contribution in [2.75, 3.05) is 13.1 Å². The Morgan fingerprint density at radius 3 is 2.05 bits per heavy atom. The number of hydrogen-bond donors (Lipinski definition) is 1. The Morgan fingerprint density at radius 1 is 0.952 bits per heavy atom. The summed E-state index contributed by atoms with van der Waals surface area (Å²) in [5.74, 6) is 0.962. The molecule has 0 aromatic rings. The Hall–Kier alpha value is -0.0800. The predicted molar refractivity (Wildman–Crippen MR) is 90.6 cm³/mol. The van der Waals surface area contributed by atoms with E-state index in [0.717, 1.165) is 24.0 Å². The molecule has 2 nitrogen and oxygen atoms in total. The van der Waals surface area contributed by atoms with Gasteiger partial charge in [0.1, 0.15) is 0 Å². The molecule has 1 heterocycles. The third kappa shape index (κ3) is 3.82. The van der Waals surface area contributed by atoms with Gasteiger partial charge in [-0.15, -0.1) is 0 Å². The molecule has 0 aromatic heterocycles. The van der Waals surface area contributed by atoms with Crippen LogP contribution in [-0.4, -0.2) is 36.1 Å². The van der Waals surface area contributed by atoms with Crippen LogP contribution in [0.1, 0.15) is 78.6 Å². The van der Waals surface area contributed by atoms with E-state index in [1.54, 1.807) is 0 Å². The Balaban J connectivity index is 1.53. The Morgan fingerprint density at radius 2 is 1.57 bits per heavy atom. The fraction of sp³-hybridized carbons (Fsp3) is 1.00. The van der Waals surface area contributed by atoms with E-state index in [1.807, 2.05) is 0 Å². The lowest BCUT2D eigenvalue weighted by atomic mass is 9.68. The largest absolute Gasteiger partial charge is 0.313 e. The van der Waals surface area contributed by atoms with E-state index >= 15 is 0 Å². The van der Waals surface area contributed by atoms with Gasteiger partial charge in [0.25, 0.3) is 0 Å². The summed E-state index contributed by atoms with van der Waals surface area (Å²) in [6.45, 7) is 9.92. The van der Waals surface area contributed by atoms with Crippen LogP contribution in [0, 0.1) is 11.3 Å². The molecule has 1 N–H and O–H groups in total. The monoisotopic (exact) mass is 292 g/mol. The van der Waals surface area contributed by atoms with Crippen molar-refractivity contribution in [2.24, 2.45) is 11.3 Å². The van der Waals surface area contributed by atoms with Gasteiger partial charge in [0.05, 0.1) is 0 Å². The first kappa shape index (κ1) is 15.8. The van der Waals surface area contributed by atoms with Crippen molar-refractivity contribution < 1.29 is 0 Å². The van der Waals surface area contributed by atoms with Crippen molar-refractivity contribution in [3.05, 3.63) is 0 Å². The first-order valence-electron chi connectivity index (χ1n) is 9.59. The summed E-state index contributed by atoms with van der Waals surface area (Å²) in [4.78, 5) is 2.91. The highest BCUT2D eigenvalue weighted by molar-refractivity contribution is 4.94. The lowest BCUT2D eigenvalue weighted by Gasteiger charge is -2.43. The van der Waals surface area contributed by atoms with Gasteiger partial charge in [-0.1, -0.05) is 27.2 Å². The second kappa shape index (κ2) is 6.58. The molecule has 1 unspecified atom stereocenters. The average Bonchev–Trinajstić information content (AvgIpc) is 3.21. The smallest absolute Gasteiger partial charge is 0.0195 e. The van der Waals surface area contributed by atoms with Gasteiger partial charge in [0.15, 0.2) is 0 Å². The standard InChI is InChI=1S/C19H36N2/c1-4-19(2,3)15-7-9-17(10-8-15)21(18-11-12-18)14-16-6-5-13-20-16/h15-18,20H,4-14H2,1-3H3. The Bertz CT molecular complexity index is 320. The second-order valence-electron chi connectivity index (χ2n) is 8.57. The molecule has 0 spiro atoms. The highest BCUT2D eigenvalue weighted by Crippen LogP contribution is 2.43. The highest BCUT2D eigenvalue weighted by atomic mass is 15.2. The zero-order valence-corrected chi connectivity index (χ0v) is 14.5. The molecule has 1 atom stereocenters. The van der Waals surface area contributed by atoms with E-state index < -0.39 is 0 Å². The average molecular weight is 293 g/mol. The summed E-state index contributed by atoms with van der Waals surface area (Å²) < 4.78 is 0. The number of nitrogens with one attached hydrogen (secondary N) is 1. The van der Waals surface area contributed by atoms with Crippen LogP contribution in [0.2, 0.25) is 0 Å². The number of nitrogens with zero attached hydrogens (tertiary/aromatic N) is 1. The fourth-order valence-electron chi connectivity index (χ4n) is 4.65. The third-order valence-electron chi connectivity index (χ3n) is 6.79. The van der Waals surface area contributed by atoms with Crippen LogP contribution in [0.25, 0.3) is 0 Å². The van der Waals surface area contributed by atoms with Crippen molar-refractivity contribution in [3.63, 3.8) is 0 Å². The number of hydrogen-bond acceptors (Lipinski definition) is 2. The van der Waals surface area contributed by atoms with E-state index in [4.69, 9.17) is 0 Å². The molecule has 0 bridgehead atoms. The minimum absolute atomic E-state index is 0.558. The van der Waals surface area contributed by atoms with E-state index in [1.165, 1.54) is 70.9 Å². The van der Waals surface area contributed by atoms with E-state index in [0.29, 0.717) is 5.41 Å². The third-order valence-corrected chi connectivity index (χ3v) is 6.79. The molecule has 21 heavy (non-hydrogen) atoms. The lowest BCUT2D eigenvalue weighted by Crippen LogP contribution is -2.46. The van der Waals surface area contributed by atoms with Gasteiger partial charge in [-0.3, -0.25) is 4.90 Å². The summed E-state index contributed by atoms with van der Waals surface area (Å²) in [6, 6.07) is 2.62. The zero-order valence-electron chi connectivity index (χ0n) is 14.5. The molecule has 2 heteroatoms. The molecule has 2 aliphatic carbocycles. The molecule has 3 fully saturated rings. The van der Waals surface area contributed by atoms with Crippen LogP contribution in [0.5, 0.6) is 0 Å². The SMILES string of the molecule is CCC(C)(C)C1CCC(N(CC2CCCN2)C2CC2)CC1. The molecule has 3 aliphatic rings. The lowest BCUT2D eigenvalue weighted by molar-refractivity contribution is 0.0760. The van der Waals surface area contributed by atoms with E-state index in [9.17, 15) is 0 Å². The van der Waals surface area contributed by atoms with Gasteiger partial charge >= 0.3 is 0 Å². The van der Waals surface area contributed by atoms with E-state index in [2.05, 4.69) is 31.0 Å². The van der Waals surface area contributed by atoms with Crippen molar-refractivity contribution >= 4 is 0 Å². The van der Waals surface area contributed by atoms with Crippen LogP contribution >= 0.6 is 0 Å². The van der Waals surface area contributed by atoms with Gasteiger partial charge in [0, 0.05) is 24.7 Å². The molecule has 1 saturated heterocycles. The maximum atomic E-state index is 3.71. The van der Waals surface area contributed by atoms with Gasteiger partial charge in [0.2, 0.25) is 0 Å². The molecule has 122 valence electrons. The van der Waals surface area contributed by atoms with Crippen LogP contribution in [0.4, 0.5) is 0 Å². The predicted octanol–water partition coefficient (Wildman–Crippen LogP) is 4.20. The summed E-state index contributed by atoms with van der Waals surface area (Å²) >= 11 is 0. The normalized spacial score (nSPS) is 34.6. The summed E-state index contributed by atoms with van der Waals surface area (Å²) in [5.41, 5.74) is 0.558. The maximum Gasteiger partial charge on any atom is 0.0195 e. The molecule has 0 radical (unpaired) electrons. The number of rotatable bonds is 6. The minimum Gasteiger partial charge on any atom is -0.313 e. The summed E-state index contributed by atoms with van der Waals surface area (Å²) in [5, 5.41) is 3.71. The van der Waals surface area contributed by atoms with Crippen molar-refractivity contribution in [2.45, 2.75) is 96.7 Å². The quantitative estimate of drug-likeness (QED) is 0.789. The summed E-state index contributed by atoms with van der Waals surface area (Å²) in [7, 11) is 0. The van der Waals surface area contributed by atoms with Gasteiger partial charge in [-0.05, 0) is 69.2 Å². The highest BCUT2D eigenvalue weighted by Gasteiger charge is 2.39.